The molecule has 17 heavy (non-hydrogen) atoms. The van der Waals surface area contributed by atoms with E-state index in [1.165, 1.54) is 0 Å². The number of nitrogens with zero attached hydrogens (tertiary/aromatic N) is 2. The summed E-state index contributed by atoms with van der Waals surface area (Å²) in [7, 11) is 6.88. The van der Waals surface area contributed by atoms with Gasteiger partial charge in [-0.25, -0.2) is 0 Å². The quantitative estimate of drug-likeness (QED) is 0.787. The van der Waals surface area contributed by atoms with Gasteiger partial charge >= 0.3 is 0 Å². The van der Waals surface area contributed by atoms with Crippen molar-refractivity contribution >= 4 is 17.3 Å². The fraction of sp³-hybridized carbons (Fsp3) is 0.417. The highest BCUT2D eigenvalue weighted by molar-refractivity contribution is 5.82. The van der Waals surface area contributed by atoms with Crippen LogP contribution in [-0.2, 0) is 4.79 Å². The minimum atomic E-state index is 0.0303. The van der Waals surface area contributed by atoms with E-state index in [1.807, 2.05) is 24.1 Å². The van der Waals surface area contributed by atoms with Gasteiger partial charge in [-0.3, -0.25) is 4.79 Å². The van der Waals surface area contributed by atoms with E-state index in [1.54, 1.807) is 32.2 Å². The van der Waals surface area contributed by atoms with Crippen molar-refractivity contribution < 1.29 is 9.53 Å². The molecule has 0 spiro atoms. The molecule has 1 aromatic rings. The Morgan fingerprint density at radius 3 is 2.47 bits per heavy atom. The number of anilines is 2. The average Bonchev–Trinajstić information content (AvgIpc) is 2.28. The lowest BCUT2D eigenvalue weighted by molar-refractivity contribution is -0.127. The first-order valence-electron chi connectivity index (χ1n) is 5.30. The number of hydrogen-bond donors (Lipinski definition) is 1. The molecular weight excluding hydrogens is 218 g/mol. The molecule has 0 saturated heterocycles. The van der Waals surface area contributed by atoms with E-state index in [4.69, 9.17) is 10.5 Å². The van der Waals surface area contributed by atoms with E-state index < -0.39 is 0 Å². The van der Waals surface area contributed by atoms with Crippen molar-refractivity contribution in [3.63, 3.8) is 0 Å². The van der Waals surface area contributed by atoms with Crippen LogP contribution in [0.5, 0.6) is 5.75 Å². The molecule has 0 aliphatic heterocycles. The number of likely N-dealkylation sites (N-methyl/N-ethyl adjacent to an activating group) is 2. The zero-order valence-corrected chi connectivity index (χ0v) is 10.7. The maximum Gasteiger partial charge on any atom is 0.241 e. The molecule has 0 heterocycles. The fourth-order valence-corrected chi connectivity index (χ4v) is 1.44. The SMILES string of the molecule is COc1ccc(N(C)CC(=O)N(C)C)c(N)c1. The van der Waals surface area contributed by atoms with Crippen molar-refractivity contribution in [3.8, 4) is 5.75 Å². The third-order valence-electron chi connectivity index (χ3n) is 2.52. The molecule has 5 heteroatoms. The molecule has 1 rings (SSSR count). The Hall–Kier alpha value is -1.91. The summed E-state index contributed by atoms with van der Waals surface area (Å²) < 4.78 is 5.08. The van der Waals surface area contributed by atoms with Crippen LogP contribution in [0.4, 0.5) is 11.4 Å². The molecule has 0 aromatic heterocycles. The highest BCUT2D eigenvalue weighted by Crippen LogP contribution is 2.26. The van der Waals surface area contributed by atoms with Gasteiger partial charge in [0.2, 0.25) is 5.91 Å². The molecule has 0 aliphatic carbocycles. The summed E-state index contributed by atoms with van der Waals surface area (Å²) in [6.45, 7) is 0.295. The number of nitrogen functional groups attached to an aromatic ring is 1. The molecule has 1 amide bonds. The summed E-state index contributed by atoms with van der Waals surface area (Å²) >= 11 is 0. The van der Waals surface area contributed by atoms with E-state index in [0.717, 1.165) is 5.69 Å². The van der Waals surface area contributed by atoms with Gasteiger partial charge in [0.15, 0.2) is 0 Å². The monoisotopic (exact) mass is 237 g/mol. The van der Waals surface area contributed by atoms with Crippen LogP contribution in [0.2, 0.25) is 0 Å². The molecule has 5 nitrogen and oxygen atoms in total. The first-order chi connectivity index (χ1) is 7.95. The third kappa shape index (κ3) is 3.27. The molecule has 94 valence electrons. The van der Waals surface area contributed by atoms with Crippen LogP contribution in [0.1, 0.15) is 0 Å². The van der Waals surface area contributed by atoms with Crippen LogP contribution >= 0.6 is 0 Å². The molecule has 1 aromatic carbocycles. The van der Waals surface area contributed by atoms with Gasteiger partial charge < -0.3 is 20.3 Å². The molecule has 0 aliphatic rings. The maximum atomic E-state index is 11.6. The van der Waals surface area contributed by atoms with Gasteiger partial charge in [-0.15, -0.1) is 0 Å². The van der Waals surface area contributed by atoms with Crippen molar-refractivity contribution in [2.45, 2.75) is 0 Å². The van der Waals surface area contributed by atoms with Crippen molar-refractivity contribution in [1.82, 2.24) is 4.90 Å². The molecule has 0 bridgehead atoms. The summed E-state index contributed by atoms with van der Waals surface area (Å²) in [5.41, 5.74) is 7.32. The molecule has 0 fully saturated rings. The van der Waals surface area contributed by atoms with E-state index in [2.05, 4.69) is 0 Å². The second kappa shape index (κ2) is 5.43. The zero-order valence-electron chi connectivity index (χ0n) is 10.7. The lowest BCUT2D eigenvalue weighted by Crippen LogP contribution is -2.34. The maximum absolute atomic E-state index is 11.6. The van der Waals surface area contributed by atoms with Crippen LogP contribution in [0.3, 0.4) is 0 Å². The van der Waals surface area contributed by atoms with Gasteiger partial charge in [-0.1, -0.05) is 0 Å². The highest BCUT2D eigenvalue weighted by Gasteiger charge is 2.11. The van der Waals surface area contributed by atoms with Crippen LogP contribution in [0.25, 0.3) is 0 Å². The van der Waals surface area contributed by atoms with Gasteiger partial charge in [-0.2, -0.15) is 0 Å². The van der Waals surface area contributed by atoms with Gasteiger partial charge in [0.05, 0.1) is 25.0 Å². The topological polar surface area (TPSA) is 58.8 Å². The first kappa shape index (κ1) is 13.2. The Morgan fingerprint density at radius 1 is 1.35 bits per heavy atom. The lowest BCUT2D eigenvalue weighted by Gasteiger charge is -2.22. The Kier molecular flexibility index (Phi) is 4.20. The summed E-state index contributed by atoms with van der Waals surface area (Å²) in [4.78, 5) is 14.9. The number of carbonyl (C=O) groups excluding carboxylic acids is 1. The van der Waals surface area contributed by atoms with Crippen molar-refractivity contribution in [3.05, 3.63) is 18.2 Å². The van der Waals surface area contributed by atoms with E-state index in [0.29, 0.717) is 18.0 Å². The summed E-state index contributed by atoms with van der Waals surface area (Å²) in [5.74, 6) is 0.737. The van der Waals surface area contributed by atoms with Gasteiger partial charge in [-0.05, 0) is 12.1 Å². The van der Waals surface area contributed by atoms with Crippen LogP contribution < -0.4 is 15.4 Å². The molecular formula is C12H19N3O2. The fourth-order valence-electron chi connectivity index (χ4n) is 1.44. The molecule has 0 atom stereocenters. The molecule has 0 radical (unpaired) electrons. The minimum Gasteiger partial charge on any atom is -0.497 e. The number of hydrogen-bond acceptors (Lipinski definition) is 4. The van der Waals surface area contributed by atoms with E-state index >= 15 is 0 Å². The summed E-state index contributed by atoms with van der Waals surface area (Å²) in [6, 6.07) is 5.41. The zero-order chi connectivity index (χ0) is 13.0. The molecule has 0 saturated carbocycles. The number of nitrogens with two attached hydrogens (primary N) is 1. The first-order valence-corrected chi connectivity index (χ1v) is 5.30. The number of ether oxygens (including phenoxy) is 1. The van der Waals surface area contributed by atoms with Crippen molar-refractivity contribution in [1.29, 1.82) is 0 Å². The number of amides is 1. The second-order valence-corrected chi connectivity index (χ2v) is 4.07. The summed E-state index contributed by atoms with van der Waals surface area (Å²) in [5, 5.41) is 0. The lowest BCUT2D eigenvalue weighted by atomic mass is 10.2. The van der Waals surface area contributed by atoms with Crippen LogP contribution in [0, 0.1) is 0 Å². The molecule has 2 N–H and O–H groups in total. The Balaban J connectivity index is 2.82. The van der Waals surface area contributed by atoms with E-state index in [-0.39, 0.29) is 5.91 Å². The number of benzene rings is 1. The second-order valence-electron chi connectivity index (χ2n) is 4.07. The number of methoxy groups -OCH3 is 1. The predicted molar refractivity (Wildman–Crippen MR) is 69.4 cm³/mol. The van der Waals surface area contributed by atoms with Gasteiger partial charge in [0.25, 0.3) is 0 Å². The average molecular weight is 237 g/mol. The molecule has 0 unspecified atom stereocenters. The predicted octanol–water partition coefficient (Wildman–Crippen LogP) is 0.802. The van der Waals surface area contributed by atoms with Gasteiger partial charge in [0.1, 0.15) is 5.75 Å². The van der Waals surface area contributed by atoms with Crippen LogP contribution in [-0.4, -0.2) is 45.6 Å². The third-order valence-corrected chi connectivity index (χ3v) is 2.52. The van der Waals surface area contributed by atoms with Gasteiger partial charge in [0, 0.05) is 27.2 Å². The smallest absolute Gasteiger partial charge is 0.241 e. The van der Waals surface area contributed by atoms with Crippen molar-refractivity contribution in [2.75, 3.05) is 45.4 Å². The summed E-state index contributed by atoms with van der Waals surface area (Å²) in [6.07, 6.45) is 0. The number of carbonyl (C=O) groups is 1. The van der Waals surface area contributed by atoms with E-state index in [9.17, 15) is 4.79 Å². The normalized spacial score (nSPS) is 9.88. The highest BCUT2D eigenvalue weighted by atomic mass is 16.5. The van der Waals surface area contributed by atoms with Crippen LogP contribution in [0.15, 0.2) is 18.2 Å². The Labute approximate surface area is 102 Å². The minimum absolute atomic E-state index is 0.0303. The Morgan fingerprint density at radius 2 is 2.00 bits per heavy atom. The Bertz CT molecular complexity index is 405. The number of rotatable bonds is 4. The largest absolute Gasteiger partial charge is 0.497 e. The van der Waals surface area contributed by atoms with Crippen molar-refractivity contribution in [2.24, 2.45) is 0 Å². The standard InChI is InChI=1S/C12H19N3O2/c1-14(2)12(16)8-15(3)11-6-5-9(17-4)7-10(11)13/h5-7H,8,13H2,1-4H3.